The fraction of sp³-hybridized carbons (Fsp3) is 0.966. The van der Waals surface area contributed by atoms with E-state index < -0.39 is 0 Å². The molecule has 2 saturated heterocycles. The monoisotopic (exact) mass is 458 g/mol. The highest BCUT2D eigenvalue weighted by Crippen LogP contribution is 2.71. The Morgan fingerprint density at radius 1 is 0.909 bits per heavy atom. The molecule has 6 rings (SSSR count). The maximum absolute atomic E-state index is 11.5. The van der Waals surface area contributed by atoms with Gasteiger partial charge in [0, 0.05) is 19.3 Å². The van der Waals surface area contributed by atoms with Gasteiger partial charge in [-0.15, -0.1) is 0 Å². The van der Waals surface area contributed by atoms with Crippen LogP contribution in [0.1, 0.15) is 98.8 Å². The summed E-state index contributed by atoms with van der Waals surface area (Å²) in [5.41, 5.74) is 0.828. The first-order chi connectivity index (χ1) is 15.7. The van der Waals surface area contributed by atoms with Crippen molar-refractivity contribution in [1.82, 2.24) is 0 Å². The second-order valence-electron chi connectivity index (χ2n) is 13.7. The van der Waals surface area contributed by atoms with Gasteiger partial charge in [0.05, 0.1) is 12.7 Å². The lowest BCUT2D eigenvalue weighted by molar-refractivity contribution is -0.273. The summed E-state index contributed by atoms with van der Waals surface area (Å²) in [7, 11) is 0. The highest BCUT2D eigenvalue weighted by molar-refractivity contribution is 5.66. The van der Waals surface area contributed by atoms with Crippen LogP contribution in [0.15, 0.2) is 0 Å². The molecule has 0 N–H and O–H groups in total. The van der Waals surface area contributed by atoms with Gasteiger partial charge in [-0.25, -0.2) is 0 Å². The lowest BCUT2D eigenvalue weighted by atomic mass is 9.44. The van der Waals surface area contributed by atoms with Crippen molar-refractivity contribution < 1.29 is 19.0 Å². The summed E-state index contributed by atoms with van der Waals surface area (Å²) < 4.78 is 19.1. The van der Waals surface area contributed by atoms with E-state index in [9.17, 15) is 4.79 Å². The molecule has 0 aromatic carbocycles. The average Bonchev–Trinajstić information content (AvgIpc) is 3.21. The molecule has 0 aromatic rings. The predicted molar refractivity (Wildman–Crippen MR) is 127 cm³/mol. The van der Waals surface area contributed by atoms with E-state index >= 15 is 0 Å². The van der Waals surface area contributed by atoms with E-state index in [1.165, 1.54) is 44.9 Å². The third-order valence-electron chi connectivity index (χ3n) is 12.2. The Hall–Kier alpha value is -0.610. The van der Waals surface area contributed by atoms with Crippen molar-refractivity contribution in [3.05, 3.63) is 0 Å². The van der Waals surface area contributed by atoms with E-state index in [0.29, 0.717) is 34.7 Å². The largest absolute Gasteiger partial charge is 0.463 e. The SMILES string of the molecule is CC(=O)O[C@@H]1CC[C@@]2(C)[C@H](CC[C@@H]3[C@@H]2CC[C@]2(C)[C@@H]4[C@H](C[C@@H]32)O[C@]2(CC[C@@H](C)CO2)[C@H]4C)C1. The lowest BCUT2D eigenvalue weighted by Gasteiger charge is -2.61. The molecule has 4 aliphatic carbocycles. The molecule has 0 radical (unpaired) electrons. The molecule has 0 amide bonds. The van der Waals surface area contributed by atoms with Gasteiger partial charge in [-0.2, -0.15) is 0 Å². The number of ether oxygens (including phenoxy) is 3. The van der Waals surface area contributed by atoms with Crippen molar-refractivity contribution in [2.75, 3.05) is 6.61 Å². The van der Waals surface area contributed by atoms with Crippen LogP contribution < -0.4 is 0 Å². The van der Waals surface area contributed by atoms with Gasteiger partial charge in [0.15, 0.2) is 5.79 Å². The van der Waals surface area contributed by atoms with Crippen molar-refractivity contribution in [1.29, 1.82) is 0 Å². The Bertz CT molecular complexity index is 786. The number of hydrogen-bond acceptors (Lipinski definition) is 4. The molecular formula is C29H46O4. The minimum atomic E-state index is -0.300. The smallest absolute Gasteiger partial charge is 0.302 e. The van der Waals surface area contributed by atoms with Crippen LogP contribution >= 0.6 is 0 Å². The Labute approximate surface area is 200 Å². The van der Waals surface area contributed by atoms with Crippen LogP contribution in [0.2, 0.25) is 0 Å². The van der Waals surface area contributed by atoms with Crippen molar-refractivity contribution in [3.8, 4) is 0 Å². The number of carbonyl (C=O) groups is 1. The molecule has 186 valence electrons. The topological polar surface area (TPSA) is 44.8 Å². The Morgan fingerprint density at radius 2 is 1.70 bits per heavy atom. The molecule has 2 aliphatic heterocycles. The van der Waals surface area contributed by atoms with Gasteiger partial charge in [-0.1, -0.05) is 27.7 Å². The van der Waals surface area contributed by atoms with Crippen LogP contribution in [-0.4, -0.2) is 30.6 Å². The quantitative estimate of drug-likeness (QED) is 0.429. The zero-order valence-corrected chi connectivity index (χ0v) is 21.6. The fourth-order valence-electron chi connectivity index (χ4n) is 10.6. The summed E-state index contributed by atoms with van der Waals surface area (Å²) in [6.45, 7) is 12.4. The summed E-state index contributed by atoms with van der Waals surface area (Å²) in [5, 5.41) is 0. The number of fused-ring (bicyclic) bond motifs is 7. The minimum absolute atomic E-state index is 0.105. The Balaban J connectivity index is 1.21. The number of hydrogen-bond donors (Lipinski definition) is 0. The third-order valence-corrected chi connectivity index (χ3v) is 12.2. The van der Waals surface area contributed by atoms with Crippen molar-refractivity contribution in [3.63, 3.8) is 0 Å². The normalized spacial score (nSPS) is 57.7. The molecule has 12 atom stereocenters. The molecule has 6 aliphatic rings. The first-order valence-corrected chi connectivity index (χ1v) is 14.2. The molecule has 0 bridgehead atoms. The molecule has 0 unspecified atom stereocenters. The Kier molecular flexibility index (Phi) is 5.32. The van der Waals surface area contributed by atoms with Crippen LogP contribution in [0.5, 0.6) is 0 Å². The maximum Gasteiger partial charge on any atom is 0.302 e. The van der Waals surface area contributed by atoms with E-state index in [0.717, 1.165) is 49.5 Å². The molecule has 4 nitrogen and oxygen atoms in total. The molecule has 0 aromatic heterocycles. The summed E-state index contributed by atoms with van der Waals surface area (Å²) in [5.74, 6) is 4.63. The average molecular weight is 459 g/mol. The highest BCUT2D eigenvalue weighted by Gasteiger charge is 2.69. The van der Waals surface area contributed by atoms with E-state index in [1.54, 1.807) is 6.92 Å². The number of carbonyl (C=O) groups excluding carboxylic acids is 1. The highest BCUT2D eigenvalue weighted by atomic mass is 16.7. The first kappa shape index (κ1) is 22.8. The van der Waals surface area contributed by atoms with Crippen molar-refractivity contribution in [2.45, 2.75) is 117 Å². The van der Waals surface area contributed by atoms with Gasteiger partial charge in [-0.3, -0.25) is 4.79 Å². The predicted octanol–water partition coefficient (Wildman–Crippen LogP) is 6.36. The van der Waals surface area contributed by atoms with Gasteiger partial charge in [-0.05, 0) is 104 Å². The van der Waals surface area contributed by atoms with Gasteiger partial charge < -0.3 is 14.2 Å². The molecular weight excluding hydrogens is 412 g/mol. The zero-order chi connectivity index (χ0) is 23.2. The summed E-state index contributed by atoms with van der Waals surface area (Å²) >= 11 is 0. The fourth-order valence-corrected chi connectivity index (χ4v) is 10.6. The van der Waals surface area contributed by atoms with Crippen LogP contribution in [0.4, 0.5) is 0 Å². The summed E-state index contributed by atoms with van der Waals surface area (Å²) in [6.07, 6.45) is 12.9. The molecule has 2 heterocycles. The van der Waals surface area contributed by atoms with Gasteiger partial charge in [0.2, 0.25) is 0 Å². The maximum atomic E-state index is 11.5. The first-order valence-electron chi connectivity index (χ1n) is 14.2. The second-order valence-corrected chi connectivity index (χ2v) is 13.7. The molecule has 4 saturated carbocycles. The van der Waals surface area contributed by atoms with Crippen LogP contribution in [0.25, 0.3) is 0 Å². The lowest BCUT2D eigenvalue weighted by Crippen LogP contribution is -2.55. The van der Waals surface area contributed by atoms with Crippen LogP contribution in [-0.2, 0) is 19.0 Å². The molecule has 33 heavy (non-hydrogen) atoms. The van der Waals surface area contributed by atoms with E-state index in [4.69, 9.17) is 14.2 Å². The second kappa shape index (κ2) is 7.69. The molecule has 4 heteroatoms. The van der Waals surface area contributed by atoms with Crippen molar-refractivity contribution >= 4 is 5.97 Å². The number of esters is 1. The summed E-state index contributed by atoms with van der Waals surface area (Å²) in [4.78, 5) is 11.5. The minimum Gasteiger partial charge on any atom is -0.463 e. The molecule has 6 fully saturated rings. The Morgan fingerprint density at radius 3 is 2.42 bits per heavy atom. The van der Waals surface area contributed by atoms with Gasteiger partial charge in [0.1, 0.15) is 6.10 Å². The number of rotatable bonds is 1. The standard InChI is InChI=1S/C29H46O4/c1-17-8-13-29(31-16-17)18(2)26-25(33-29)15-24-22-7-6-20-14-21(32-19(3)30)9-11-27(20,4)23(22)10-12-28(24,26)5/h17-18,20-26H,6-16H2,1-5H3/t17-,18+,20-,21-,22-,23+,24+,25+,26+,27+,28+,29-/m1/s1. The van der Waals surface area contributed by atoms with E-state index in [-0.39, 0.29) is 17.9 Å². The van der Waals surface area contributed by atoms with E-state index in [1.807, 2.05) is 0 Å². The van der Waals surface area contributed by atoms with Crippen molar-refractivity contribution in [2.24, 2.45) is 52.3 Å². The van der Waals surface area contributed by atoms with E-state index in [2.05, 4.69) is 27.7 Å². The molecule has 1 spiro atoms. The van der Waals surface area contributed by atoms with Gasteiger partial charge >= 0.3 is 5.97 Å². The van der Waals surface area contributed by atoms with Crippen LogP contribution in [0.3, 0.4) is 0 Å². The van der Waals surface area contributed by atoms with Gasteiger partial charge in [0.25, 0.3) is 0 Å². The third kappa shape index (κ3) is 3.25. The van der Waals surface area contributed by atoms with Crippen LogP contribution in [0, 0.1) is 52.3 Å². The summed E-state index contributed by atoms with van der Waals surface area (Å²) in [6, 6.07) is 0. The zero-order valence-electron chi connectivity index (χ0n) is 21.6.